The van der Waals surface area contributed by atoms with Gasteiger partial charge in [0.05, 0.1) is 19.2 Å². The van der Waals surface area contributed by atoms with Crippen molar-refractivity contribution in [3.05, 3.63) is 60.2 Å². The largest absolute Gasteiger partial charge is 0.467 e. The minimum atomic E-state index is 0.185. The van der Waals surface area contributed by atoms with Crippen molar-refractivity contribution in [1.82, 2.24) is 24.9 Å². The Morgan fingerprint density at radius 1 is 0.781 bits per heavy atom. The van der Waals surface area contributed by atoms with Crippen molar-refractivity contribution in [3.8, 4) is 6.01 Å². The van der Waals surface area contributed by atoms with Crippen LogP contribution in [0.3, 0.4) is 0 Å². The summed E-state index contributed by atoms with van der Waals surface area (Å²) in [6.07, 6.45) is 9.57. The molecule has 0 saturated carbocycles. The zero-order valence-corrected chi connectivity index (χ0v) is 18.8. The van der Waals surface area contributed by atoms with E-state index in [4.69, 9.17) is 9.72 Å². The highest BCUT2D eigenvalue weighted by atomic mass is 16.5. The molecule has 5 rings (SSSR count). The van der Waals surface area contributed by atoms with Crippen molar-refractivity contribution in [1.29, 1.82) is 0 Å². The van der Waals surface area contributed by atoms with Crippen molar-refractivity contribution in [2.45, 2.75) is 38.8 Å². The molecule has 0 bridgehead atoms. The van der Waals surface area contributed by atoms with Gasteiger partial charge in [-0.25, -0.2) is 0 Å². The minimum absolute atomic E-state index is 0.185. The number of anilines is 2. The van der Waals surface area contributed by atoms with Gasteiger partial charge in [0.2, 0.25) is 11.9 Å². The number of nitrogens with zero attached hydrogens (tertiary/aromatic N) is 7. The molecule has 3 aromatic heterocycles. The standard InChI is InChI=1S/C24H29N7O/c1-16-10-20(18-6-4-8-25-12-18)30(14-16)22-27-23(29-24(28-22)32-3)31-15-17(2)11-21(31)19-7-5-9-26-13-19/h4-9,12-13,16-17,20-21H,10-11,14-15H2,1-3H3. The third-order valence-electron chi connectivity index (χ3n) is 6.45. The fourth-order valence-corrected chi connectivity index (χ4v) is 5.00. The number of aromatic nitrogens is 5. The second-order valence-electron chi connectivity index (χ2n) is 9.01. The van der Waals surface area contributed by atoms with Crippen LogP contribution in [0.25, 0.3) is 0 Å². The summed E-state index contributed by atoms with van der Waals surface area (Å²) < 4.78 is 5.51. The maximum absolute atomic E-state index is 5.51. The second-order valence-corrected chi connectivity index (χ2v) is 9.01. The number of hydrogen-bond donors (Lipinski definition) is 0. The van der Waals surface area contributed by atoms with Crippen molar-refractivity contribution in [2.75, 3.05) is 30.0 Å². The van der Waals surface area contributed by atoms with Gasteiger partial charge in [-0.15, -0.1) is 0 Å². The van der Waals surface area contributed by atoms with Crippen molar-refractivity contribution in [3.63, 3.8) is 0 Å². The predicted octanol–water partition coefficient (Wildman–Crippen LogP) is 3.85. The molecule has 0 N–H and O–H groups in total. The molecule has 0 radical (unpaired) electrons. The van der Waals surface area contributed by atoms with Crippen LogP contribution < -0.4 is 14.5 Å². The van der Waals surface area contributed by atoms with E-state index >= 15 is 0 Å². The van der Waals surface area contributed by atoms with E-state index in [0.29, 0.717) is 29.7 Å². The zero-order valence-electron chi connectivity index (χ0n) is 18.8. The van der Waals surface area contributed by atoms with Gasteiger partial charge in [0.1, 0.15) is 0 Å². The Kier molecular flexibility index (Phi) is 5.59. The van der Waals surface area contributed by atoms with Gasteiger partial charge >= 0.3 is 6.01 Å². The van der Waals surface area contributed by atoms with Crippen LogP contribution in [0.15, 0.2) is 49.1 Å². The van der Waals surface area contributed by atoms with Crippen LogP contribution in [-0.4, -0.2) is 45.1 Å². The summed E-state index contributed by atoms with van der Waals surface area (Å²) in [4.78, 5) is 27.5. The Balaban J connectivity index is 1.53. The van der Waals surface area contributed by atoms with Gasteiger partial charge in [-0.1, -0.05) is 26.0 Å². The highest BCUT2D eigenvalue weighted by Crippen LogP contribution is 2.40. The predicted molar refractivity (Wildman–Crippen MR) is 123 cm³/mol. The first-order chi connectivity index (χ1) is 15.6. The first-order valence-corrected chi connectivity index (χ1v) is 11.3. The van der Waals surface area contributed by atoms with Gasteiger partial charge in [0, 0.05) is 37.9 Å². The lowest BCUT2D eigenvalue weighted by Crippen LogP contribution is -2.29. The van der Waals surface area contributed by atoms with E-state index in [0.717, 1.165) is 25.9 Å². The zero-order chi connectivity index (χ0) is 22.1. The van der Waals surface area contributed by atoms with Crippen LogP contribution in [0, 0.1) is 11.8 Å². The normalized spacial score (nSPS) is 25.3. The van der Waals surface area contributed by atoms with E-state index < -0.39 is 0 Å². The summed E-state index contributed by atoms with van der Waals surface area (Å²) in [5.41, 5.74) is 2.36. The quantitative estimate of drug-likeness (QED) is 0.603. The molecule has 2 saturated heterocycles. The van der Waals surface area contributed by atoms with Crippen molar-refractivity contribution in [2.24, 2.45) is 11.8 Å². The molecular formula is C24H29N7O. The van der Waals surface area contributed by atoms with Crippen LogP contribution in [0.4, 0.5) is 11.9 Å². The summed E-state index contributed by atoms with van der Waals surface area (Å²) in [6.45, 7) is 6.30. The average molecular weight is 432 g/mol. The summed E-state index contributed by atoms with van der Waals surface area (Å²) in [5.74, 6) is 2.38. The third-order valence-corrected chi connectivity index (χ3v) is 6.45. The topological polar surface area (TPSA) is 80.2 Å². The van der Waals surface area contributed by atoms with E-state index in [-0.39, 0.29) is 12.1 Å². The summed E-state index contributed by atoms with van der Waals surface area (Å²) in [7, 11) is 1.61. The molecule has 2 fully saturated rings. The molecule has 0 aliphatic carbocycles. The smallest absolute Gasteiger partial charge is 0.322 e. The molecule has 0 amide bonds. The van der Waals surface area contributed by atoms with Crippen molar-refractivity contribution < 1.29 is 4.74 Å². The highest BCUT2D eigenvalue weighted by Gasteiger charge is 2.36. The first-order valence-electron chi connectivity index (χ1n) is 11.3. The molecule has 3 aromatic rings. The maximum atomic E-state index is 5.51. The molecule has 2 aliphatic rings. The molecule has 0 aromatic carbocycles. The van der Waals surface area contributed by atoms with E-state index in [9.17, 15) is 0 Å². The lowest BCUT2D eigenvalue weighted by atomic mass is 10.0. The monoisotopic (exact) mass is 431 g/mol. The van der Waals surface area contributed by atoms with Crippen LogP contribution in [0.2, 0.25) is 0 Å². The van der Waals surface area contributed by atoms with E-state index in [1.54, 1.807) is 7.11 Å². The number of ether oxygens (including phenoxy) is 1. The molecule has 4 atom stereocenters. The van der Waals surface area contributed by atoms with E-state index in [1.165, 1.54) is 11.1 Å². The summed E-state index contributed by atoms with van der Waals surface area (Å²) >= 11 is 0. The molecule has 5 heterocycles. The first kappa shape index (κ1) is 20.6. The average Bonchev–Trinajstić information content (AvgIpc) is 3.42. The van der Waals surface area contributed by atoms with Crippen LogP contribution in [0.1, 0.15) is 49.9 Å². The van der Waals surface area contributed by atoms with E-state index in [1.807, 2.05) is 36.9 Å². The van der Waals surface area contributed by atoms with Crippen LogP contribution in [-0.2, 0) is 0 Å². The van der Waals surface area contributed by atoms with Gasteiger partial charge in [-0.05, 0) is 47.9 Å². The molecule has 8 nitrogen and oxygen atoms in total. The Hall–Kier alpha value is -3.29. The van der Waals surface area contributed by atoms with Gasteiger partial charge in [0.25, 0.3) is 0 Å². The number of methoxy groups -OCH3 is 1. The van der Waals surface area contributed by atoms with Crippen LogP contribution in [0.5, 0.6) is 6.01 Å². The Labute approximate surface area is 188 Å². The maximum Gasteiger partial charge on any atom is 0.322 e. The van der Waals surface area contributed by atoms with Gasteiger partial charge in [-0.3, -0.25) is 9.97 Å². The Bertz CT molecular complexity index is 969. The molecule has 2 aliphatic heterocycles. The van der Waals surface area contributed by atoms with Crippen molar-refractivity contribution >= 4 is 11.9 Å². The Morgan fingerprint density at radius 3 is 1.69 bits per heavy atom. The lowest BCUT2D eigenvalue weighted by Gasteiger charge is -2.28. The second kappa shape index (κ2) is 8.68. The summed E-state index contributed by atoms with van der Waals surface area (Å²) in [6, 6.07) is 8.94. The SMILES string of the molecule is COc1nc(N2CC(C)CC2c2cccnc2)nc(N2CC(C)CC2c2cccnc2)n1. The number of hydrogen-bond acceptors (Lipinski definition) is 8. The van der Waals surface area contributed by atoms with E-state index in [2.05, 4.69) is 55.7 Å². The van der Waals surface area contributed by atoms with Gasteiger partial charge < -0.3 is 14.5 Å². The van der Waals surface area contributed by atoms with Crippen LogP contribution >= 0.6 is 0 Å². The third kappa shape index (κ3) is 3.97. The fourth-order valence-electron chi connectivity index (χ4n) is 5.00. The molecule has 8 heteroatoms. The molecule has 32 heavy (non-hydrogen) atoms. The highest BCUT2D eigenvalue weighted by molar-refractivity contribution is 5.46. The van der Waals surface area contributed by atoms with Gasteiger partial charge in [0.15, 0.2) is 0 Å². The fraction of sp³-hybridized carbons (Fsp3) is 0.458. The number of rotatable bonds is 5. The minimum Gasteiger partial charge on any atom is -0.467 e. The lowest BCUT2D eigenvalue weighted by molar-refractivity contribution is 0.377. The van der Waals surface area contributed by atoms with Gasteiger partial charge in [-0.2, -0.15) is 15.0 Å². The molecule has 166 valence electrons. The molecule has 0 spiro atoms. The Morgan fingerprint density at radius 2 is 1.28 bits per heavy atom. The molecular weight excluding hydrogens is 402 g/mol. The summed E-state index contributed by atoms with van der Waals surface area (Å²) in [5, 5.41) is 0. The number of pyridine rings is 2. The molecule has 4 unspecified atom stereocenters.